The first-order valence-electron chi connectivity index (χ1n) is 7.56. The molecule has 0 saturated heterocycles. The summed E-state index contributed by atoms with van der Waals surface area (Å²) in [7, 11) is 0. The number of pyridine rings is 1. The Morgan fingerprint density at radius 3 is 2.43 bits per heavy atom. The molecule has 0 spiro atoms. The molecule has 1 N–H and O–H groups in total. The molecule has 108 valence electrons. The van der Waals surface area contributed by atoms with Crippen molar-refractivity contribution < 1.29 is 4.79 Å². The fourth-order valence-electron chi connectivity index (χ4n) is 2.76. The molecule has 2 aromatic rings. The quantitative estimate of drug-likeness (QED) is 0.930. The smallest absolute Gasteiger partial charge is 0.253 e. The lowest BCUT2D eigenvalue weighted by Crippen LogP contribution is -2.32. The third-order valence-electron chi connectivity index (χ3n) is 4.06. The van der Waals surface area contributed by atoms with E-state index in [9.17, 15) is 4.79 Å². The molecule has 1 aliphatic rings. The number of aromatic nitrogens is 1. The molecule has 0 aliphatic heterocycles. The standard InChI is InChI=1S/C18H20N2O/c1-13-6-8-14(9-7-13)17-11-10-15(12-19-17)18(21)20-16-4-2-3-5-16/h6-12,16H,2-5H2,1H3,(H,20,21). The lowest BCUT2D eigenvalue weighted by molar-refractivity contribution is 0.0937. The van der Waals surface area contributed by atoms with Gasteiger partial charge in [0.1, 0.15) is 0 Å². The highest BCUT2D eigenvalue weighted by atomic mass is 16.1. The van der Waals surface area contributed by atoms with Gasteiger partial charge >= 0.3 is 0 Å². The molecule has 1 amide bonds. The maximum atomic E-state index is 12.1. The number of nitrogens with zero attached hydrogens (tertiary/aromatic N) is 1. The van der Waals surface area contributed by atoms with Crippen molar-refractivity contribution in [1.82, 2.24) is 10.3 Å². The van der Waals surface area contributed by atoms with E-state index < -0.39 is 0 Å². The number of hydrogen-bond donors (Lipinski definition) is 1. The second kappa shape index (κ2) is 6.08. The molecular weight excluding hydrogens is 260 g/mol. The minimum atomic E-state index is -0.00939. The molecule has 0 unspecified atom stereocenters. The first kappa shape index (κ1) is 13.8. The average molecular weight is 280 g/mol. The van der Waals surface area contributed by atoms with Crippen molar-refractivity contribution in [2.24, 2.45) is 0 Å². The van der Waals surface area contributed by atoms with Crippen molar-refractivity contribution >= 4 is 5.91 Å². The summed E-state index contributed by atoms with van der Waals surface area (Å²) in [5, 5.41) is 3.08. The van der Waals surface area contributed by atoms with Gasteiger partial charge in [0.15, 0.2) is 0 Å². The number of hydrogen-bond acceptors (Lipinski definition) is 2. The van der Waals surface area contributed by atoms with Crippen LogP contribution in [-0.4, -0.2) is 16.9 Å². The highest BCUT2D eigenvalue weighted by Gasteiger charge is 2.18. The number of amides is 1. The van der Waals surface area contributed by atoms with E-state index in [1.165, 1.54) is 18.4 Å². The average Bonchev–Trinajstić information content (AvgIpc) is 3.01. The minimum absolute atomic E-state index is 0.00939. The van der Waals surface area contributed by atoms with Gasteiger partial charge in [-0.2, -0.15) is 0 Å². The van der Waals surface area contributed by atoms with Crippen molar-refractivity contribution in [3.8, 4) is 11.3 Å². The summed E-state index contributed by atoms with van der Waals surface area (Å²) in [4.78, 5) is 16.6. The van der Waals surface area contributed by atoms with Gasteiger partial charge in [0.2, 0.25) is 0 Å². The molecule has 1 aromatic carbocycles. The number of carbonyl (C=O) groups excluding carboxylic acids is 1. The Bertz CT molecular complexity index is 611. The second-order valence-electron chi connectivity index (χ2n) is 5.75. The highest BCUT2D eigenvalue weighted by molar-refractivity contribution is 5.94. The van der Waals surface area contributed by atoms with Crippen LogP contribution < -0.4 is 5.32 Å². The number of aryl methyl sites for hydroxylation is 1. The maximum absolute atomic E-state index is 12.1. The van der Waals surface area contributed by atoms with E-state index in [0.717, 1.165) is 24.1 Å². The molecular formula is C18H20N2O. The fourth-order valence-corrected chi connectivity index (χ4v) is 2.76. The summed E-state index contributed by atoms with van der Waals surface area (Å²) < 4.78 is 0. The van der Waals surface area contributed by atoms with Crippen molar-refractivity contribution in [1.29, 1.82) is 0 Å². The molecule has 0 bridgehead atoms. The van der Waals surface area contributed by atoms with Crippen LogP contribution in [0, 0.1) is 6.92 Å². The number of rotatable bonds is 3. The normalized spacial score (nSPS) is 15.1. The molecule has 1 saturated carbocycles. The Labute approximate surface area is 125 Å². The van der Waals surface area contributed by atoms with Crippen molar-refractivity contribution in [2.45, 2.75) is 38.6 Å². The lowest BCUT2D eigenvalue weighted by atomic mass is 10.1. The van der Waals surface area contributed by atoms with Crippen molar-refractivity contribution in [3.63, 3.8) is 0 Å². The molecule has 3 nitrogen and oxygen atoms in total. The summed E-state index contributed by atoms with van der Waals surface area (Å²) in [6, 6.07) is 12.3. The zero-order valence-corrected chi connectivity index (χ0v) is 12.3. The molecule has 0 radical (unpaired) electrons. The van der Waals surface area contributed by atoms with E-state index in [0.29, 0.717) is 11.6 Å². The van der Waals surface area contributed by atoms with Crippen LogP contribution in [0.5, 0.6) is 0 Å². The van der Waals surface area contributed by atoms with Gasteiger partial charge in [-0.05, 0) is 31.9 Å². The number of carbonyl (C=O) groups is 1. The molecule has 3 heteroatoms. The summed E-state index contributed by atoms with van der Waals surface area (Å²) in [6.07, 6.45) is 6.30. The van der Waals surface area contributed by atoms with Crippen molar-refractivity contribution in [2.75, 3.05) is 0 Å². The Morgan fingerprint density at radius 2 is 1.81 bits per heavy atom. The van der Waals surface area contributed by atoms with E-state index in [4.69, 9.17) is 0 Å². The summed E-state index contributed by atoms with van der Waals surface area (Å²) >= 11 is 0. The van der Waals surface area contributed by atoms with Crippen LogP contribution in [-0.2, 0) is 0 Å². The molecule has 1 aliphatic carbocycles. The Kier molecular flexibility index (Phi) is 4.00. The number of benzene rings is 1. The molecule has 1 fully saturated rings. The number of nitrogens with one attached hydrogen (secondary N) is 1. The van der Waals surface area contributed by atoms with Gasteiger partial charge in [-0.25, -0.2) is 0 Å². The fraction of sp³-hybridized carbons (Fsp3) is 0.333. The molecule has 3 rings (SSSR count). The molecule has 0 atom stereocenters. The summed E-state index contributed by atoms with van der Waals surface area (Å²) in [5.74, 6) is -0.00939. The third-order valence-corrected chi connectivity index (χ3v) is 4.06. The molecule has 21 heavy (non-hydrogen) atoms. The minimum Gasteiger partial charge on any atom is -0.349 e. The first-order valence-corrected chi connectivity index (χ1v) is 7.56. The highest BCUT2D eigenvalue weighted by Crippen LogP contribution is 2.19. The van der Waals surface area contributed by atoms with Crippen LogP contribution in [0.1, 0.15) is 41.6 Å². The topological polar surface area (TPSA) is 42.0 Å². The third kappa shape index (κ3) is 3.30. The predicted molar refractivity (Wildman–Crippen MR) is 84.1 cm³/mol. The maximum Gasteiger partial charge on any atom is 0.253 e. The van der Waals surface area contributed by atoms with Gasteiger partial charge in [0.25, 0.3) is 5.91 Å². The zero-order chi connectivity index (χ0) is 14.7. The van der Waals surface area contributed by atoms with Gasteiger partial charge in [-0.15, -0.1) is 0 Å². The second-order valence-corrected chi connectivity index (χ2v) is 5.75. The Hall–Kier alpha value is -2.16. The SMILES string of the molecule is Cc1ccc(-c2ccc(C(=O)NC3CCCC3)cn2)cc1. The van der Waals surface area contributed by atoms with Crippen LogP contribution in [0.25, 0.3) is 11.3 Å². The van der Waals surface area contributed by atoms with Crippen LogP contribution in [0.3, 0.4) is 0 Å². The summed E-state index contributed by atoms with van der Waals surface area (Å²) in [5.41, 5.74) is 3.83. The van der Waals surface area contributed by atoms with E-state index in [2.05, 4.69) is 41.5 Å². The van der Waals surface area contributed by atoms with Crippen molar-refractivity contribution in [3.05, 3.63) is 53.7 Å². The monoisotopic (exact) mass is 280 g/mol. The van der Waals surface area contributed by atoms with Crippen LogP contribution in [0.15, 0.2) is 42.6 Å². The summed E-state index contributed by atoms with van der Waals surface area (Å²) in [6.45, 7) is 2.06. The van der Waals surface area contributed by atoms with Crippen LogP contribution >= 0.6 is 0 Å². The molecule has 1 heterocycles. The van der Waals surface area contributed by atoms with Crippen LogP contribution in [0.4, 0.5) is 0 Å². The van der Waals surface area contributed by atoms with Crippen LogP contribution in [0.2, 0.25) is 0 Å². The van der Waals surface area contributed by atoms with Gasteiger partial charge in [-0.1, -0.05) is 42.7 Å². The first-order chi connectivity index (χ1) is 10.2. The molecule has 1 aromatic heterocycles. The van der Waals surface area contributed by atoms with E-state index in [1.807, 2.05) is 12.1 Å². The van der Waals surface area contributed by atoms with E-state index >= 15 is 0 Å². The van der Waals surface area contributed by atoms with Gasteiger partial charge in [-0.3, -0.25) is 9.78 Å². The largest absolute Gasteiger partial charge is 0.349 e. The lowest BCUT2D eigenvalue weighted by Gasteiger charge is -2.11. The van der Waals surface area contributed by atoms with Gasteiger partial charge in [0.05, 0.1) is 11.3 Å². The Balaban J connectivity index is 1.71. The van der Waals surface area contributed by atoms with Gasteiger partial charge < -0.3 is 5.32 Å². The van der Waals surface area contributed by atoms with E-state index in [1.54, 1.807) is 6.20 Å². The zero-order valence-electron chi connectivity index (χ0n) is 12.3. The van der Waals surface area contributed by atoms with Gasteiger partial charge in [0, 0.05) is 17.8 Å². The Morgan fingerprint density at radius 1 is 1.10 bits per heavy atom. The predicted octanol–water partition coefficient (Wildman–Crippen LogP) is 3.73. The van der Waals surface area contributed by atoms with E-state index in [-0.39, 0.29) is 5.91 Å².